The molecule has 0 saturated heterocycles. The van der Waals surface area contributed by atoms with Gasteiger partial charge in [-0.1, -0.05) is 12.1 Å². The molecule has 0 saturated carbocycles. The lowest BCUT2D eigenvalue weighted by Gasteiger charge is -2.02. The second kappa shape index (κ2) is 3.51. The van der Waals surface area contributed by atoms with E-state index in [9.17, 15) is 0 Å². The zero-order chi connectivity index (χ0) is 9.97. The molecule has 0 aliphatic rings. The maximum absolute atomic E-state index is 9.08. The first-order chi connectivity index (χ1) is 6.79. The molecule has 14 heavy (non-hydrogen) atoms. The molecule has 3 N–H and O–H groups in total. The van der Waals surface area contributed by atoms with Gasteiger partial charge < -0.3 is 10.8 Å². The van der Waals surface area contributed by atoms with Crippen molar-refractivity contribution in [2.45, 2.75) is 6.54 Å². The number of aromatic hydroxyl groups is 1. The van der Waals surface area contributed by atoms with Gasteiger partial charge in [0.05, 0.1) is 5.69 Å². The number of rotatable bonds is 2. The summed E-state index contributed by atoms with van der Waals surface area (Å²) in [6.07, 6.45) is 1.70. The molecule has 0 bridgehead atoms. The van der Waals surface area contributed by atoms with E-state index in [1.54, 1.807) is 10.9 Å². The summed E-state index contributed by atoms with van der Waals surface area (Å²) in [4.78, 5) is 0. The summed E-state index contributed by atoms with van der Waals surface area (Å²) < 4.78 is 1.61. The minimum Gasteiger partial charge on any atom is -0.492 e. The lowest BCUT2D eigenvalue weighted by Crippen LogP contribution is -1.99. The van der Waals surface area contributed by atoms with Crippen LogP contribution in [0.2, 0.25) is 0 Å². The van der Waals surface area contributed by atoms with Gasteiger partial charge in [-0.05, 0) is 17.7 Å². The highest BCUT2D eigenvalue weighted by Gasteiger charge is 1.99. The Morgan fingerprint density at radius 3 is 2.86 bits per heavy atom. The smallest absolute Gasteiger partial charge is 0.230 e. The van der Waals surface area contributed by atoms with E-state index in [-0.39, 0.29) is 5.88 Å². The summed E-state index contributed by atoms with van der Waals surface area (Å²) in [7, 11) is 0. The number of nitrogens with two attached hydrogens (primary N) is 1. The van der Waals surface area contributed by atoms with Crippen LogP contribution in [0.3, 0.4) is 0 Å². The van der Waals surface area contributed by atoms with Crippen molar-refractivity contribution in [3.05, 3.63) is 42.1 Å². The van der Waals surface area contributed by atoms with Crippen LogP contribution in [0.1, 0.15) is 5.56 Å². The molecule has 72 valence electrons. The lowest BCUT2D eigenvalue weighted by atomic mass is 10.2. The Labute approximate surface area is 81.6 Å². The highest BCUT2D eigenvalue weighted by molar-refractivity contribution is 5.35. The Hall–Kier alpha value is -1.81. The molecule has 2 aromatic rings. The van der Waals surface area contributed by atoms with E-state index in [1.165, 1.54) is 6.07 Å². The molecule has 1 heterocycles. The minimum atomic E-state index is 0.0168. The molecular formula is C10H11N3O. The first-order valence-electron chi connectivity index (χ1n) is 4.33. The summed E-state index contributed by atoms with van der Waals surface area (Å²) in [5.74, 6) is 0.0168. The van der Waals surface area contributed by atoms with E-state index in [2.05, 4.69) is 5.10 Å². The zero-order valence-electron chi connectivity index (χ0n) is 7.59. The lowest BCUT2D eigenvalue weighted by molar-refractivity contribution is 0.448. The van der Waals surface area contributed by atoms with Crippen molar-refractivity contribution in [1.82, 2.24) is 9.78 Å². The maximum atomic E-state index is 9.08. The number of benzene rings is 1. The van der Waals surface area contributed by atoms with E-state index in [0.717, 1.165) is 11.3 Å². The summed E-state index contributed by atoms with van der Waals surface area (Å²) in [5, 5.41) is 13.0. The van der Waals surface area contributed by atoms with E-state index in [1.807, 2.05) is 24.3 Å². The molecule has 4 nitrogen and oxygen atoms in total. The van der Waals surface area contributed by atoms with E-state index in [4.69, 9.17) is 10.8 Å². The molecule has 2 rings (SSSR count). The predicted octanol–water partition coefficient (Wildman–Crippen LogP) is 1.04. The molecule has 1 aromatic carbocycles. The SMILES string of the molecule is NCc1cccc(-n2ccc(O)n2)c1. The van der Waals surface area contributed by atoms with E-state index in [0.29, 0.717) is 6.54 Å². The van der Waals surface area contributed by atoms with Gasteiger partial charge in [0.2, 0.25) is 5.88 Å². The number of aromatic nitrogens is 2. The number of hydrogen-bond donors (Lipinski definition) is 2. The average Bonchev–Trinajstić information content (AvgIpc) is 2.65. The fraction of sp³-hybridized carbons (Fsp3) is 0.100. The Morgan fingerprint density at radius 1 is 1.36 bits per heavy atom. The van der Waals surface area contributed by atoms with Crippen LogP contribution in [0.25, 0.3) is 5.69 Å². The quantitative estimate of drug-likeness (QED) is 0.741. The first-order valence-corrected chi connectivity index (χ1v) is 4.33. The zero-order valence-corrected chi connectivity index (χ0v) is 7.59. The molecule has 0 atom stereocenters. The molecule has 4 heteroatoms. The largest absolute Gasteiger partial charge is 0.492 e. The molecule has 0 unspecified atom stereocenters. The van der Waals surface area contributed by atoms with Crippen LogP contribution in [-0.4, -0.2) is 14.9 Å². The predicted molar refractivity (Wildman–Crippen MR) is 53.1 cm³/mol. The van der Waals surface area contributed by atoms with E-state index >= 15 is 0 Å². The molecule has 0 radical (unpaired) electrons. The summed E-state index contributed by atoms with van der Waals surface area (Å²) >= 11 is 0. The van der Waals surface area contributed by atoms with Crippen LogP contribution >= 0.6 is 0 Å². The van der Waals surface area contributed by atoms with Gasteiger partial charge in [-0.15, -0.1) is 5.10 Å². The van der Waals surface area contributed by atoms with Gasteiger partial charge in [0, 0.05) is 18.8 Å². The normalized spacial score (nSPS) is 10.4. The third-order valence-corrected chi connectivity index (χ3v) is 1.99. The summed E-state index contributed by atoms with van der Waals surface area (Å²) in [6, 6.07) is 9.25. The van der Waals surface area contributed by atoms with Crippen molar-refractivity contribution in [1.29, 1.82) is 0 Å². The first kappa shape index (κ1) is 8.77. The highest BCUT2D eigenvalue weighted by Crippen LogP contribution is 2.12. The molecule has 0 spiro atoms. The Balaban J connectivity index is 2.41. The van der Waals surface area contributed by atoms with Gasteiger partial charge >= 0.3 is 0 Å². The van der Waals surface area contributed by atoms with Gasteiger partial charge in [0.1, 0.15) is 0 Å². The van der Waals surface area contributed by atoms with Crippen molar-refractivity contribution in [2.75, 3.05) is 0 Å². The number of hydrogen-bond acceptors (Lipinski definition) is 3. The van der Waals surface area contributed by atoms with Gasteiger partial charge in [-0.25, -0.2) is 4.68 Å². The molecule has 0 aliphatic heterocycles. The van der Waals surface area contributed by atoms with Gasteiger partial charge in [-0.3, -0.25) is 0 Å². The Bertz CT molecular complexity index is 436. The Morgan fingerprint density at radius 2 is 2.21 bits per heavy atom. The van der Waals surface area contributed by atoms with Gasteiger partial charge in [-0.2, -0.15) is 0 Å². The molecule has 1 aromatic heterocycles. The van der Waals surface area contributed by atoms with Crippen molar-refractivity contribution in [3.63, 3.8) is 0 Å². The highest BCUT2D eigenvalue weighted by atomic mass is 16.3. The van der Waals surface area contributed by atoms with Crippen LogP contribution in [0.4, 0.5) is 0 Å². The van der Waals surface area contributed by atoms with Crippen molar-refractivity contribution >= 4 is 0 Å². The van der Waals surface area contributed by atoms with Crippen LogP contribution in [0.15, 0.2) is 36.5 Å². The van der Waals surface area contributed by atoms with Crippen LogP contribution in [0, 0.1) is 0 Å². The summed E-state index contributed by atoms with van der Waals surface area (Å²) in [5.41, 5.74) is 7.46. The monoisotopic (exact) mass is 189 g/mol. The molecule has 0 amide bonds. The molecule has 0 fully saturated rings. The van der Waals surface area contributed by atoms with Gasteiger partial charge in [0.15, 0.2) is 0 Å². The second-order valence-electron chi connectivity index (χ2n) is 2.99. The average molecular weight is 189 g/mol. The van der Waals surface area contributed by atoms with Crippen LogP contribution in [0.5, 0.6) is 5.88 Å². The minimum absolute atomic E-state index is 0.0168. The molecule has 0 aliphatic carbocycles. The van der Waals surface area contributed by atoms with Crippen molar-refractivity contribution < 1.29 is 5.11 Å². The number of nitrogens with zero attached hydrogens (tertiary/aromatic N) is 2. The van der Waals surface area contributed by atoms with Crippen LogP contribution < -0.4 is 5.73 Å². The maximum Gasteiger partial charge on any atom is 0.230 e. The second-order valence-corrected chi connectivity index (χ2v) is 2.99. The van der Waals surface area contributed by atoms with Crippen molar-refractivity contribution in [2.24, 2.45) is 5.73 Å². The van der Waals surface area contributed by atoms with Crippen LogP contribution in [-0.2, 0) is 6.54 Å². The van der Waals surface area contributed by atoms with E-state index < -0.39 is 0 Å². The fourth-order valence-electron chi connectivity index (χ4n) is 1.28. The summed E-state index contributed by atoms with van der Waals surface area (Å²) in [6.45, 7) is 0.501. The third-order valence-electron chi connectivity index (χ3n) is 1.99. The molecular weight excluding hydrogens is 178 g/mol. The Kier molecular flexibility index (Phi) is 2.20. The topological polar surface area (TPSA) is 64.1 Å². The standard InChI is InChI=1S/C10H11N3O/c11-7-8-2-1-3-9(6-8)13-5-4-10(14)12-13/h1-6H,7,11H2,(H,12,14). The third kappa shape index (κ3) is 1.60. The van der Waals surface area contributed by atoms with Gasteiger partial charge in [0.25, 0.3) is 0 Å². The van der Waals surface area contributed by atoms with Crippen molar-refractivity contribution in [3.8, 4) is 11.6 Å². The fourth-order valence-corrected chi connectivity index (χ4v) is 1.28.